The van der Waals surface area contributed by atoms with E-state index < -0.39 is 29.4 Å². The standard InChI is InChI=1S/C16H16O6/c17-11-3-4-15(10(5-11)7-14(20)21-15)16-8-12(18)2-1-9(16)6-13(19)22-16/h1-4,6,10-12,17-18H,5,7-8H2. The first kappa shape index (κ1) is 13.7. The van der Waals surface area contributed by atoms with Crippen molar-refractivity contribution >= 4 is 11.9 Å². The molecule has 0 saturated carbocycles. The van der Waals surface area contributed by atoms with Gasteiger partial charge in [0.2, 0.25) is 0 Å². The zero-order valence-electron chi connectivity index (χ0n) is 11.8. The zero-order chi connectivity index (χ0) is 15.5. The summed E-state index contributed by atoms with van der Waals surface area (Å²) in [6.45, 7) is 0. The van der Waals surface area contributed by atoms with Crippen LogP contribution >= 0.6 is 0 Å². The summed E-state index contributed by atoms with van der Waals surface area (Å²) in [4.78, 5) is 23.8. The first-order chi connectivity index (χ1) is 10.4. The number of rotatable bonds is 1. The summed E-state index contributed by atoms with van der Waals surface area (Å²) in [5.41, 5.74) is -1.78. The molecule has 2 aliphatic carbocycles. The molecule has 0 bridgehead atoms. The van der Waals surface area contributed by atoms with E-state index in [0.717, 1.165) is 0 Å². The van der Waals surface area contributed by atoms with Crippen molar-refractivity contribution < 1.29 is 29.3 Å². The molecule has 0 aromatic rings. The third-order valence-corrected chi connectivity index (χ3v) is 5.03. The second kappa shape index (κ2) is 4.30. The Morgan fingerprint density at radius 2 is 1.95 bits per heavy atom. The van der Waals surface area contributed by atoms with Crippen LogP contribution in [0.25, 0.3) is 0 Å². The van der Waals surface area contributed by atoms with Crippen molar-refractivity contribution in [1.82, 2.24) is 0 Å². The van der Waals surface area contributed by atoms with Crippen LogP contribution in [0.1, 0.15) is 19.3 Å². The molecule has 1 saturated heterocycles. The second-order valence-electron chi connectivity index (χ2n) is 6.31. The van der Waals surface area contributed by atoms with Crippen LogP contribution in [-0.4, -0.2) is 45.6 Å². The number of hydrogen-bond donors (Lipinski definition) is 2. The van der Waals surface area contributed by atoms with E-state index in [2.05, 4.69) is 0 Å². The van der Waals surface area contributed by atoms with Gasteiger partial charge in [0.05, 0.1) is 18.6 Å². The molecule has 0 amide bonds. The van der Waals surface area contributed by atoms with Crippen molar-refractivity contribution in [3.8, 4) is 0 Å². The average molecular weight is 304 g/mol. The fourth-order valence-corrected chi connectivity index (χ4v) is 4.15. The third-order valence-electron chi connectivity index (χ3n) is 5.03. The minimum absolute atomic E-state index is 0.130. The lowest BCUT2D eigenvalue weighted by molar-refractivity contribution is -0.188. The van der Waals surface area contributed by atoms with Crippen LogP contribution in [0.3, 0.4) is 0 Å². The van der Waals surface area contributed by atoms with Crippen LogP contribution < -0.4 is 0 Å². The van der Waals surface area contributed by atoms with E-state index in [1.165, 1.54) is 6.08 Å². The summed E-state index contributed by atoms with van der Waals surface area (Å²) in [5, 5.41) is 19.9. The highest BCUT2D eigenvalue weighted by molar-refractivity contribution is 5.89. The van der Waals surface area contributed by atoms with E-state index in [4.69, 9.17) is 9.47 Å². The molecule has 2 N–H and O–H groups in total. The maximum Gasteiger partial charge on any atom is 0.332 e. The van der Waals surface area contributed by atoms with Crippen LogP contribution in [0, 0.1) is 5.92 Å². The second-order valence-corrected chi connectivity index (χ2v) is 6.31. The van der Waals surface area contributed by atoms with E-state index in [1.807, 2.05) is 0 Å². The number of ether oxygens (including phenoxy) is 2. The highest BCUT2D eigenvalue weighted by Gasteiger charge is 2.68. The molecular formula is C16H16O6. The Balaban J connectivity index is 1.89. The van der Waals surface area contributed by atoms with Gasteiger partial charge >= 0.3 is 11.9 Å². The lowest BCUT2D eigenvalue weighted by atomic mass is 9.63. The molecule has 5 atom stereocenters. The fourth-order valence-electron chi connectivity index (χ4n) is 4.15. The summed E-state index contributed by atoms with van der Waals surface area (Å²) >= 11 is 0. The van der Waals surface area contributed by atoms with Crippen molar-refractivity contribution in [3.63, 3.8) is 0 Å². The third kappa shape index (κ3) is 1.62. The molecule has 4 rings (SSSR count). The molecule has 2 heterocycles. The maximum atomic E-state index is 11.9. The summed E-state index contributed by atoms with van der Waals surface area (Å²) in [5.74, 6) is -1.19. The van der Waals surface area contributed by atoms with Crippen LogP contribution in [0.4, 0.5) is 0 Å². The van der Waals surface area contributed by atoms with Gasteiger partial charge in [-0.2, -0.15) is 0 Å². The number of esters is 2. The SMILES string of the molecule is O=C1C=C2C=CC(O)CC2(C23C=CC(O)CC2CC(=O)O3)O1. The molecule has 4 aliphatic rings. The van der Waals surface area contributed by atoms with E-state index in [-0.39, 0.29) is 24.7 Å². The van der Waals surface area contributed by atoms with Gasteiger partial charge in [-0.3, -0.25) is 4.79 Å². The number of carbonyl (C=O) groups is 2. The molecule has 0 radical (unpaired) electrons. The molecule has 0 spiro atoms. The lowest BCUT2D eigenvalue weighted by Crippen LogP contribution is -2.61. The monoisotopic (exact) mass is 304 g/mol. The molecule has 1 fully saturated rings. The van der Waals surface area contributed by atoms with E-state index in [9.17, 15) is 19.8 Å². The number of hydrogen-bond acceptors (Lipinski definition) is 6. The Bertz CT molecular complexity index is 647. The topological polar surface area (TPSA) is 93.1 Å². The van der Waals surface area contributed by atoms with Crippen molar-refractivity contribution in [3.05, 3.63) is 36.0 Å². The van der Waals surface area contributed by atoms with Crippen LogP contribution in [0.5, 0.6) is 0 Å². The minimum Gasteiger partial charge on any atom is -0.450 e. The van der Waals surface area contributed by atoms with E-state index in [1.54, 1.807) is 24.3 Å². The van der Waals surface area contributed by atoms with Crippen molar-refractivity contribution in [2.24, 2.45) is 5.92 Å². The number of aliphatic hydroxyl groups is 2. The predicted octanol–water partition coefficient (Wildman–Crippen LogP) is 0.152. The Labute approximate surface area is 126 Å². The van der Waals surface area contributed by atoms with E-state index in [0.29, 0.717) is 12.0 Å². The molecule has 116 valence electrons. The van der Waals surface area contributed by atoms with Gasteiger partial charge in [-0.05, 0) is 12.5 Å². The van der Waals surface area contributed by atoms with Crippen LogP contribution in [0.2, 0.25) is 0 Å². The Kier molecular flexibility index (Phi) is 2.68. The summed E-state index contributed by atoms with van der Waals surface area (Å²) in [6, 6.07) is 0. The lowest BCUT2D eigenvalue weighted by Gasteiger charge is -2.49. The molecule has 5 unspecified atom stereocenters. The summed E-state index contributed by atoms with van der Waals surface area (Å²) in [7, 11) is 0. The van der Waals surface area contributed by atoms with Crippen LogP contribution in [0.15, 0.2) is 36.0 Å². The van der Waals surface area contributed by atoms with Gasteiger partial charge in [0, 0.05) is 24.0 Å². The largest absolute Gasteiger partial charge is 0.450 e. The number of fused-ring (bicyclic) bond motifs is 3. The predicted molar refractivity (Wildman–Crippen MR) is 73.4 cm³/mol. The Morgan fingerprint density at radius 1 is 1.14 bits per heavy atom. The Hall–Kier alpha value is -1.92. The minimum atomic E-state index is -1.22. The number of aliphatic hydroxyl groups excluding tert-OH is 2. The average Bonchev–Trinajstić information content (AvgIpc) is 2.95. The molecule has 6 nitrogen and oxygen atoms in total. The summed E-state index contributed by atoms with van der Waals surface area (Å²) < 4.78 is 11.2. The van der Waals surface area contributed by atoms with Gasteiger partial charge in [0.15, 0.2) is 11.2 Å². The molecule has 2 aliphatic heterocycles. The molecular weight excluding hydrogens is 288 g/mol. The van der Waals surface area contributed by atoms with Gasteiger partial charge in [-0.15, -0.1) is 0 Å². The molecule has 22 heavy (non-hydrogen) atoms. The first-order valence-electron chi connectivity index (χ1n) is 7.36. The zero-order valence-corrected chi connectivity index (χ0v) is 11.8. The summed E-state index contributed by atoms with van der Waals surface area (Å²) in [6.07, 6.45) is 7.02. The fraction of sp³-hybridized carbons (Fsp3) is 0.500. The van der Waals surface area contributed by atoms with Gasteiger partial charge in [0.1, 0.15) is 0 Å². The van der Waals surface area contributed by atoms with Crippen molar-refractivity contribution in [1.29, 1.82) is 0 Å². The van der Waals surface area contributed by atoms with Gasteiger partial charge < -0.3 is 19.7 Å². The van der Waals surface area contributed by atoms with Gasteiger partial charge in [-0.1, -0.05) is 18.2 Å². The smallest absolute Gasteiger partial charge is 0.332 e. The maximum absolute atomic E-state index is 11.9. The number of carbonyl (C=O) groups excluding carboxylic acids is 2. The quantitative estimate of drug-likeness (QED) is 0.529. The van der Waals surface area contributed by atoms with Crippen molar-refractivity contribution in [2.45, 2.75) is 42.7 Å². The van der Waals surface area contributed by atoms with Gasteiger partial charge in [-0.25, -0.2) is 4.79 Å². The Morgan fingerprint density at radius 3 is 2.77 bits per heavy atom. The normalized spacial score (nSPS) is 45.9. The molecule has 0 aromatic heterocycles. The van der Waals surface area contributed by atoms with Crippen molar-refractivity contribution in [2.75, 3.05) is 0 Å². The molecule has 6 heteroatoms. The van der Waals surface area contributed by atoms with Crippen LogP contribution in [-0.2, 0) is 19.1 Å². The highest BCUT2D eigenvalue weighted by atomic mass is 16.6. The van der Waals surface area contributed by atoms with E-state index >= 15 is 0 Å². The van der Waals surface area contributed by atoms with Gasteiger partial charge in [0.25, 0.3) is 0 Å². The molecule has 0 aromatic carbocycles. The highest BCUT2D eigenvalue weighted by Crippen LogP contribution is 2.56. The first-order valence-corrected chi connectivity index (χ1v) is 7.36.